The normalized spacial score (nSPS) is 12.5. The zero-order valence-corrected chi connectivity index (χ0v) is 22.0. The maximum atomic E-state index is 12.1. The molecular formula is C24H42O11S. The van der Waals surface area contributed by atoms with Crippen LogP contribution >= 0.6 is 0 Å². The highest BCUT2D eigenvalue weighted by Crippen LogP contribution is 2.39. The zero-order valence-electron chi connectivity index (χ0n) is 21.2. The van der Waals surface area contributed by atoms with E-state index in [9.17, 15) is 42.4 Å². The molecule has 0 aromatic rings. The first kappa shape index (κ1) is 35.7. The van der Waals surface area contributed by atoms with Crippen molar-refractivity contribution in [3.63, 3.8) is 0 Å². The number of aliphatic carboxylic acids is 4. The van der Waals surface area contributed by atoms with Crippen LogP contribution in [0.5, 0.6) is 0 Å². The van der Waals surface area contributed by atoms with Crippen LogP contribution in [0.2, 0.25) is 0 Å². The fraction of sp³-hybridized carbons (Fsp3) is 0.750. The van der Waals surface area contributed by atoms with Crippen molar-refractivity contribution in [1.82, 2.24) is 0 Å². The van der Waals surface area contributed by atoms with Crippen LogP contribution in [0.1, 0.15) is 104 Å². The van der Waals surface area contributed by atoms with Crippen LogP contribution in [0.15, 0.2) is 12.2 Å². The first-order valence-electron chi connectivity index (χ1n) is 12.3. The molecule has 0 aromatic carbocycles. The van der Waals surface area contributed by atoms with Gasteiger partial charge in [0, 0.05) is 12.2 Å². The van der Waals surface area contributed by atoms with Gasteiger partial charge < -0.3 is 20.4 Å². The minimum absolute atomic E-state index is 0.0693. The Balaban J connectivity index is 0. The molecule has 0 radical (unpaired) electrons. The summed E-state index contributed by atoms with van der Waals surface area (Å²) in [7, 11) is -5.05. The number of carbonyl (C=O) groups is 4. The Morgan fingerprint density at radius 1 is 0.667 bits per heavy atom. The molecule has 210 valence electrons. The SMILES string of the molecule is CCCCCCCCC(CCCCCCCC)(C(=O)O)C(C(=O)O)S(=O)(=O)O.O=C(O)/C=C/C(=O)O. The van der Waals surface area contributed by atoms with Gasteiger partial charge in [-0.1, -0.05) is 90.9 Å². The van der Waals surface area contributed by atoms with Gasteiger partial charge in [0.05, 0.1) is 5.41 Å². The number of hydrogen-bond donors (Lipinski definition) is 5. The average molecular weight is 539 g/mol. The van der Waals surface area contributed by atoms with Crippen LogP contribution in [0.25, 0.3) is 0 Å². The molecule has 0 aromatic heterocycles. The van der Waals surface area contributed by atoms with Gasteiger partial charge in [-0.2, -0.15) is 8.42 Å². The van der Waals surface area contributed by atoms with E-state index in [-0.39, 0.29) is 12.8 Å². The van der Waals surface area contributed by atoms with Gasteiger partial charge in [0.15, 0.2) is 5.25 Å². The second-order valence-electron chi connectivity index (χ2n) is 8.74. The summed E-state index contributed by atoms with van der Waals surface area (Å²) in [4.78, 5) is 42.9. The van der Waals surface area contributed by atoms with Gasteiger partial charge in [0.2, 0.25) is 0 Å². The summed E-state index contributed by atoms with van der Waals surface area (Å²) in [5, 5.41) is 32.6. The van der Waals surface area contributed by atoms with Crippen LogP contribution in [0.3, 0.4) is 0 Å². The largest absolute Gasteiger partial charge is 0.481 e. The lowest BCUT2D eigenvalue weighted by atomic mass is 9.74. The molecule has 0 saturated carbocycles. The Hall–Kier alpha value is -2.47. The summed E-state index contributed by atoms with van der Waals surface area (Å²) in [6.07, 6.45) is 11.3. The first-order valence-corrected chi connectivity index (χ1v) is 13.8. The monoisotopic (exact) mass is 538 g/mol. The fourth-order valence-corrected chi connectivity index (χ4v) is 5.11. The third kappa shape index (κ3) is 16.2. The quantitative estimate of drug-likeness (QED) is 0.0822. The van der Waals surface area contributed by atoms with Crippen molar-refractivity contribution in [3.8, 4) is 0 Å². The zero-order chi connectivity index (χ0) is 28.2. The van der Waals surface area contributed by atoms with E-state index in [0.29, 0.717) is 37.8 Å². The lowest BCUT2D eigenvalue weighted by Crippen LogP contribution is -2.51. The molecular weight excluding hydrogens is 496 g/mol. The van der Waals surface area contributed by atoms with Crippen LogP contribution in [0.4, 0.5) is 0 Å². The van der Waals surface area contributed by atoms with Crippen molar-refractivity contribution in [2.75, 3.05) is 0 Å². The summed E-state index contributed by atoms with van der Waals surface area (Å²) in [6.45, 7) is 4.17. The number of hydrogen-bond acceptors (Lipinski definition) is 6. The third-order valence-corrected chi connectivity index (χ3v) is 7.02. The van der Waals surface area contributed by atoms with E-state index >= 15 is 0 Å². The van der Waals surface area contributed by atoms with Gasteiger partial charge in [-0.05, 0) is 12.8 Å². The summed E-state index contributed by atoms with van der Waals surface area (Å²) in [6, 6.07) is 0. The molecule has 0 aliphatic heterocycles. The van der Waals surface area contributed by atoms with Gasteiger partial charge in [0.1, 0.15) is 0 Å². The Bertz CT molecular complexity index is 771. The fourth-order valence-electron chi connectivity index (χ4n) is 3.95. The topological polar surface area (TPSA) is 204 Å². The molecule has 1 atom stereocenters. The maximum absolute atomic E-state index is 12.1. The Labute approximate surface area is 213 Å². The second-order valence-corrected chi connectivity index (χ2v) is 10.2. The van der Waals surface area contributed by atoms with Crippen molar-refractivity contribution in [1.29, 1.82) is 0 Å². The molecule has 0 fully saturated rings. The molecule has 0 spiro atoms. The number of rotatable bonds is 20. The van der Waals surface area contributed by atoms with Gasteiger partial charge in [0.25, 0.3) is 10.1 Å². The summed E-state index contributed by atoms with van der Waals surface area (Å²) >= 11 is 0. The highest BCUT2D eigenvalue weighted by molar-refractivity contribution is 7.87. The molecule has 0 rings (SSSR count). The van der Waals surface area contributed by atoms with Crippen LogP contribution in [-0.4, -0.2) is 62.5 Å². The van der Waals surface area contributed by atoms with Crippen LogP contribution < -0.4 is 0 Å². The smallest absolute Gasteiger partial charge is 0.328 e. The summed E-state index contributed by atoms with van der Waals surface area (Å²) < 4.78 is 33.1. The molecule has 0 heterocycles. The molecule has 12 heteroatoms. The standard InChI is InChI=1S/C20H38O7S.C4H4O4/c1-3-5-7-9-11-13-15-20(19(23)24,16-14-12-10-8-6-4-2)17(18(21)22)28(25,26)27;5-3(6)1-2-4(7)8/h17H,3-16H2,1-2H3,(H,21,22)(H,23,24)(H,25,26,27);1-2H,(H,5,6)(H,7,8)/b;2-1+. The molecule has 0 aliphatic rings. The van der Waals surface area contributed by atoms with Crippen molar-refractivity contribution in [3.05, 3.63) is 12.2 Å². The van der Waals surface area contributed by atoms with Gasteiger partial charge >= 0.3 is 23.9 Å². The molecule has 1 unspecified atom stereocenters. The van der Waals surface area contributed by atoms with E-state index in [0.717, 1.165) is 51.4 Å². The summed E-state index contributed by atoms with van der Waals surface area (Å²) in [5.74, 6) is -5.78. The predicted molar refractivity (Wildman–Crippen MR) is 133 cm³/mol. The van der Waals surface area contributed by atoms with E-state index in [1.54, 1.807) is 0 Å². The van der Waals surface area contributed by atoms with Crippen molar-refractivity contribution in [2.45, 2.75) is 109 Å². The van der Waals surface area contributed by atoms with E-state index in [1.165, 1.54) is 0 Å². The minimum atomic E-state index is -5.05. The number of unbranched alkanes of at least 4 members (excludes halogenated alkanes) is 10. The van der Waals surface area contributed by atoms with E-state index < -0.39 is 44.7 Å². The molecule has 0 bridgehead atoms. The Morgan fingerprint density at radius 3 is 1.25 bits per heavy atom. The van der Waals surface area contributed by atoms with Crippen molar-refractivity contribution in [2.24, 2.45) is 5.41 Å². The highest BCUT2D eigenvalue weighted by Gasteiger charge is 2.55. The predicted octanol–water partition coefficient (Wildman–Crippen LogP) is 4.61. The molecule has 0 saturated heterocycles. The summed E-state index contributed by atoms with van der Waals surface area (Å²) in [5.41, 5.74) is -2.01. The van der Waals surface area contributed by atoms with Crippen molar-refractivity contribution < 1.29 is 52.6 Å². The minimum Gasteiger partial charge on any atom is -0.481 e. The third-order valence-electron chi connectivity index (χ3n) is 5.77. The second kappa shape index (κ2) is 19.7. The molecule has 0 aliphatic carbocycles. The maximum Gasteiger partial charge on any atom is 0.328 e. The molecule has 5 N–H and O–H groups in total. The van der Waals surface area contributed by atoms with Crippen LogP contribution in [-0.2, 0) is 29.3 Å². The Morgan fingerprint density at radius 2 is 1.00 bits per heavy atom. The lowest BCUT2D eigenvalue weighted by molar-refractivity contribution is -0.156. The highest BCUT2D eigenvalue weighted by atomic mass is 32.2. The number of carboxylic acid groups (broad SMARTS) is 4. The van der Waals surface area contributed by atoms with Gasteiger partial charge in [-0.25, -0.2) is 9.59 Å². The van der Waals surface area contributed by atoms with Gasteiger partial charge in [-0.15, -0.1) is 0 Å². The molecule has 36 heavy (non-hydrogen) atoms. The van der Waals surface area contributed by atoms with Gasteiger partial charge in [-0.3, -0.25) is 14.1 Å². The first-order chi connectivity index (χ1) is 16.8. The van der Waals surface area contributed by atoms with E-state index in [2.05, 4.69) is 13.8 Å². The average Bonchev–Trinajstić information content (AvgIpc) is 2.75. The van der Waals surface area contributed by atoms with E-state index in [1.807, 2.05) is 0 Å². The molecule has 0 amide bonds. The van der Waals surface area contributed by atoms with E-state index in [4.69, 9.17) is 10.2 Å². The van der Waals surface area contributed by atoms with Crippen LogP contribution in [0, 0.1) is 5.41 Å². The van der Waals surface area contributed by atoms with Crippen molar-refractivity contribution >= 4 is 34.0 Å². The lowest BCUT2D eigenvalue weighted by Gasteiger charge is -2.33. The molecule has 11 nitrogen and oxygen atoms in total. The number of carboxylic acids is 4. The Kier molecular flexibility index (Phi) is 19.5.